The van der Waals surface area contributed by atoms with Gasteiger partial charge in [-0.3, -0.25) is 37.6 Å². The molecule has 0 atom stereocenters. The van der Waals surface area contributed by atoms with Crippen molar-refractivity contribution in [1.82, 2.24) is 67.8 Å². The number of hydrogen-bond acceptors (Lipinski definition) is 19. The highest BCUT2D eigenvalue weighted by Crippen LogP contribution is 2.48. The molecule has 636 valence electrons. The van der Waals surface area contributed by atoms with Crippen LogP contribution in [-0.4, -0.2) is 67.8 Å². The van der Waals surface area contributed by atoms with Crippen LogP contribution in [-0.2, 0) is 48.9 Å². The second-order valence-corrected chi connectivity index (χ2v) is 28.5. The van der Waals surface area contributed by atoms with Gasteiger partial charge in [0, 0.05) is 57.3 Å². The van der Waals surface area contributed by atoms with Gasteiger partial charge < -0.3 is 0 Å². The second kappa shape index (κ2) is 28.1. The first-order valence-electron chi connectivity index (χ1n) is 35.7. The third-order valence-corrected chi connectivity index (χ3v) is 20.7. The van der Waals surface area contributed by atoms with Crippen LogP contribution in [0.25, 0.3) is 154 Å². The Bertz CT molecular complexity index is 8130. The summed E-state index contributed by atoms with van der Waals surface area (Å²) in [6, 6.07) is 26.7. The lowest BCUT2D eigenvalue weighted by Gasteiger charge is -2.15. The van der Waals surface area contributed by atoms with Gasteiger partial charge in [0.2, 0.25) is 0 Å². The zero-order valence-corrected chi connectivity index (χ0v) is 62.6. The minimum atomic E-state index is -5.84. The van der Waals surface area contributed by atoms with Crippen LogP contribution in [0.5, 0.6) is 0 Å². The van der Waals surface area contributed by atoms with Crippen molar-refractivity contribution in [3.63, 3.8) is 0 Å². The first kappa shape index (κ1) is 83.9. The summed E-state index contributed by atoms with van der Waals surface area (Å²) < 4.78 is 308. The molecule has 0 saturated heterocycles. The highest BCUT2D eigenvalue weighted by molar-refractivity contribution is 6.28. The Morgan fingerprint density at radius 1 is 0.305 bits per heavy atom. The molecule has 0 amide bonds. The number of rotatable bonds is 5. The smallest absolute Gasteiger partial charge is 0.268 e. The molecule has 0 N–H and O–H groups in total. The molecule has 0 radical (unpaired) electrons. The topological polar surface area (TPSA) is 321 Å². The van der Waals surface area contributed by atoms with Crippen molar-refractivity contribution in [2.24, 2.45) is 0 Å². The number of halogens is 22. The maximum atomic E-state index is 14.5. The van der Waals surface area contributed by atoms with Gasteiger partial charge in [0.25, 0.3) is 45.2 Å². The van der Waals surface area contributed by atoms with Crippen LogP contribution in [0, 0.1) is 46.3 Å². The largest absolute Gasteiger partial charge is 0.418 e. The molecule has 10 aromatic heterocycles. The average molecular weight is 1780 g/mol. The van der Waals surface area contributed by atoms with Crippen molar-refractivity contribution in [2.45, 2.75) is 62.8 Å². The molecule has 0 saturated carbocycles. The fourth-order valence-electron chi connectivity index (χ4n) is 15.1. The summed E-state index contributed by atoms with van der Waals surface area (Å²) in [6.45, 7) is 0.853. The van der Waals surface area contributed by atoms with Crippen molar-refractivity contribution >= 4 is 132 Å². The molecule has 0 aliphatic carbocycles. The average Bonchev–Trinajstić information content (AvgIpc) is 1.51. The monoisotopic (exact) mass is 1780 g/mol. The van der Waals surface area contributed by atoms with E-state index in [0.717, 1.165) is 27.7 Å². The fourth-order valence-corrected chi connectivity index (χ4v) is 15.1. The number of hydrogen-bond donors (Lipinski definition) is 0. The molecule has 45 heteroatoms. The number of benzene rings is 9. The number of alkyl halides is 22. The van der Waals surface area contributed by atoms with E-state index in [-0.39, 0.29) is 98.9 Å². The molecule has 0 aliphatic heterocycles. The van der Waals surface area contributed by atoms with Crippen LogP contribution < -0.4 is 33.4 Å². The van der Waals surface area contributed by atoms with E-state index in [0.29, 0.717) is 101 Å². The molecule has 128 heavy (non-hydrogen) atoms. The van der Waals surface area contributed by atoms with Crippen LogP contribution in [0.2, 0.25) is 0 Å². The van der Waals surface area contributed by atoms with Crippen molar-refractivity contribution in [2.75, 3.05) is 0 Å². The number of imidazole rings is 2. The Kier molecular flexibility index (Phi) is 18.4. The molecule has 23 nitrogen and oxygen atoms in total. The van der Waals surface area contributed by atoms with E-state index in [9.17, 15) is 141 Å². The Morgan fingerprint density at radius 3 is 0.953 bits per heavy atom. The van der Waals surface area contributed by atoms with Crippen LogP contribution in [0.4, 0.5) is 96.6 Å². The second-order valence-electron chi connectivity index (χ2n) is 28.5. The summed E-state index contributed by atoms with van der Waals surface area (Å²) in [6.07, 6.45) is -26.9. The van der Waals surface area contributed by atoms with Gasteiger partial charge in [-0.15, -0.1) is 6.42 Å². The summed E-state index contributed by atoms with van der Waals surface area (Å²) in [5.74, 6) is -4.85. The van der Waals surface area contributed by atoms with Gasteiger partial charge in [-0.1, -0.05) is 24.3 Å². The molecule has 0 fully saturated rings. The van der Waals surface area contributed by atoms with Gasteiger partial charge in [0.05, 0.1) is 99.4 Å². The van der Waals surface area contributed by atoms with Gasteiger partial charge in [-0.25, -0.2) is 76.5 Å². The Labute approximate surface area is 688 Å². The third-order valence-electron chi connectivity index (χ3n) is 20.7. The minimum absolute atomic E-state index is 0.0136. The van der Waals surface area contributed by atoms with Gasteiger partial charge >= 0.3 is 37.1 Å². The molecule has 19 aromatic rings. The predicted molar refractivity (Wildman–Crippen MR) is 409 cm³/mol. The van der Waals surface area contributed by atoms with Crippen LogP contribution in [0.3, 0.4) is 0 Å². The highest BCUT2D eigenvalue weighted by atomic mass is 19.4. The quantitative estimate of drug-likeness (QED) is 0.0668. The van der Waals surface area contributed by atoms with E-state index in [4.69, 9.17) is 6.42 Å². The predicted octanol–water partition coefficient (Wildman–Crippen LogP) is 17.3. The number of pyridine rings is 2. The third kappa shape index (κ3) is 13.3. The van der Waals surface area contributed by atoms with Crippen molar-refractivity contribution < 1.29 is 96.6 Å². The molecule has 0 spiro atoms. The van der Waals surface area contributed by atoms with Crippen LogP contribution in [0.1, 0.15) is 81.1 Å². The zero-order chi connectivity index (χ0) is 92.3. The van der Waals surface area contributed by atoms with Gasteiger partial charge in [-0.05, 0) is 126 Å². The number of nitrogens with zero attached hydrogens (tertiary/aromatic N) is 17. The van der Waals surface area contributed by atoms with E-state index >= 15 is 0 Å². The minimum Gasteiger partial charge on any atom is -0.268 e. The SMILES string of the molecule is C#Cc1nc2nc3ccc(-c4ccc5nc6nc(C#N)c(C#N)nc6nc5c4)cc3nc2nc1C#N.CC(F)(F)c1cc(C(F)(F)F)c2nc3c4ccc5c(=O)n6c7cc(C(F)(F)F)cc(C(F)(F)F)c7nc6c6ccc(c(=O)n3c2c1)c4c56.CC(F)(F)c1ccc(-n2c(=O)c3c(C(F)(F)F)c4c(=O)n(-c5ccc(C(F)(F)F)cc5)c(=O)c4c(C(F)(F)F)c3c2=O)cc1. The molecule has 10 heterocycles. The molecule has 9 aromatic carbocycles. The summed E-state index contributed by atoms with van der Waals surface area (Å²) in [5.41, 5.74) is -23.8. The Balaban J connectivity index is 0.000000136. The lowest BCUT2D eigenvalue weighted by molar-refractivity contribution is -0.142. The lowest BCUT2D eigenvalue weighted by atomic mass is 9.96. The molecular weight excluding hydrogens is 1750 g/mol. The summed E-state index contributed by atoms with van der Waals surface area (Å²) in [7, 11) is 0. The van der Waals surface area contributed by atoms with Crippen LogP contribution in [0.15, 0.2) is 162 Å². The number of terminal acetylenes is 1. The molecule has 0 aliphatic rings. The van der Waals surface area contributed by atoms with E-state index in [1.54, 1.807) is 12.1 Å². The lowest BCUT2D eigenvalue weighted by Crippen LogP contribution is -2.25. The highest BCUT2D eigenvalue weighted by Gasteiger charge is 2.49. The van der Waals surface area contributed by atoms with E-state index in [2.05, 4.69) is 55.8 Å². The maximum absolute atomic E-state index is 14.5. The first-order valence-corrected chi connectivity index (χ1v) is 35.7. The molecular formula is C83H29F22N17O6. The van der Waals surface area contributed by atoms with Crippen molar-refractivity contribution in [3.05, 3.63) is 263 Å². The van der Waals surface area contributed by atoms with Gasteiger partial charge in [0.1, 0.15) is 40.5 Å². The Morgan fingerprint density at radius 2 is 0.625 bits per heavy atom. The number of aromatic nitrogens is 14. The fraction of sp³-hybridized carbons (Fsp3) is 0.120. The molecule has 19 rings (SSSR count). The van der Waals surface area contributed by atoms with E-state index in [1.165, 1.54) is 12.1 Å². The molecule has 0 bridgehead atoms. The Hall–Kier alpha value is -16.4. The maximum Gasteiger partial charge on any atom is 0.418 e. The van der Waals surface area contributed by atoms with Gasteiger partial charge in [-0.2, -0.15) is 94.8 Å². The summed E-state index contributed by atoms with van der Waals surface area (Å²) in [4.78, 5) is 123. The van der Waals surface area contributed by atoms with Crippen LogP contribution >= 0.6 is 0 Å². The number of fused-ring (bicyclic) bond motifs is 14. The number of nitriles is 3. The van der Waals surface area contributed by atoms with Crippen molar-refractivity contribution in [1.29, 1.82) is 15.8 Å². The van der Waals surface area contributed by atoms with E-state index in [1.807, 2.05) is 42.5 Å². The first-order chi connectivity index (χ1) is 59.8. The summed E-state index contributed by atoms with van der Waals surface area (Å²) >= 11 is 0. The van der Waals surface area contributed by atoms with Gasteiger partial charge in [0.15, 0.2) is 45.4 Å². The van der Waals surface area contributed by atoms with Crippen molar-refractivity contribution in [3.8, 4) is 53.1 Å². The standard InChI is InChI=1S/C31H11F11N4O2.C27H11F11N2O4.C25H7N11/c1-28(32,33)10-6-16(30(37,38)39)22-18(8-10)45-24(43-22)12-2-5-15-21-13(3-4-14(20(12)21)26(45)47)25-44-23-17(31(40,41)42)7-11(29(34,35)36)9-19(23)46(25)27(15)48;1-24(28,29)10-2-6-12(7-3-10)39-20(41)14-15(21(39)42)19(27(36,37)38)17-16(18(14)26(33,34)35)22(43)40(23(17)44)13-8-4-11(5-9-13)25(30,31)32;1-2-14-19(9-26)34-24-22(29-14)30-15-5-3-12(7-17(15)32-24)13-4-6-16-18(8-13)33-25-23(31-16)35-20(10-27)21(11-28)36-25/h2-9H,1H3;2-9H,1H3;1,3-8H. The normalized spacial score (nSPS) is 12.8. The molecule has 0 unspecified atom stereocenters. The van der Waals surface area contributed by atoms with E-state index < -0.39 is 193 Å². The zero-order valence-electron chi connectivity index (χ0n) is 62.6. The summed E-state index contributed by atoms with van der Waals surface area (Å²) in [5, 5.41) is 19.3.